The van der Waals surface area contributed by atoms with Crippen LogP contribution in [0.15, 0.2) is 72.8 Å². The number of hydrogen-bond acceptors (Lipinski definition) is 13. The van der Waals surface area contributed by atoms with Crippen molar-refractivity contribution in [1.29, 1.82) is 0 Å². The molecule has 4 aliphatic rings. The summed E-state index contributed by atoms with van der Waals surface area (Å²) in [5.74, 6) is -0.404. The van der Waals surface area contributed by atoms with E-state index >= 15 is 0 Å². The third-order valence-corrected chi connectivity index (χ3v) is 12.4. The third kappa shape index (κ3) is 10.6. The summed E-state index contributed by atoms with van der Waals surface area (Å²) in [6.45, 7) is 4.35. The number of imide groups is 2. The zero-order chi connectivity index (χ0) is 46.0. The maximum absolute atomic E-state index is 13.3. The number of anilines is 1. The van der Waals surface area contributed by atoms with Crippen LogP contribution in [-0.4, -0.2) is 134 Å². The zero-order valence-corrected chi connectivity index (χ0v) is 36.7. The smallest absolute Gasteiger partial charge is 0.262 e. The van der Waals surface area contributed by atoms with Crippen LogP contribution in [0.3, 0.4) is 0 Å². The number of carbonyl (C=O) groups is 6. The molecule has 0 bridgehead atoms. The predicted molar refractivity (Wildman–Crippen MR) is 239 cm³/mol. The van der Waals surface area contributed by atoms with Gasteiger partial charge in [0.15, 0.2) is 0 Å². The Morgan fingerprint density at radius 3 is 2.12 bits per heavy atom. The van der Waals surface area contributed by atoms with Crippen molar-refractivity contribution in [2.45, 2.75) is 57.0 Å². The van der Waals surface area contributed by atoms with Crippen molar-refractivity contribution in [3.63, 3.8) is 0 Å². The number of aryl methyl sites for hydroxylation is 1. The molecule has 5 heterocycles. The highest BCUT2D eigenvalue weighted by Gasteiger charge is 2.45. The second kappa shape index (κ2) is 21.7. The number of amides is 6. The van der Waals surface area contributed by atoms with Gasteiger partial charge in [-0.05, 0) is 92.5 Å². The van der Waals surface area contributed by atoms with Gasteiger partial charge in [0.1, 0.15) is 41.2 Å². The average Bonchev–Trinajstić information content (AvgIpc) is 3.84. The standard InChI is InChI=1S/C48H55N7O11/c49-44(58)42-43(33-11-13-35(14-12-33)66-34-8-2-1-3-9-34)52-55-37(17-20-50-45(42)55)31-18-21-53(22-19-31)40(57)30-65-29-28-64-27-26-63-25-24-62-23-5-7-32-6-4-10-36-41(32)48(61)54(47(36)60)38-15-16-39(56)51-46(38)59/h1-4,6,8-14,31,37-38,50H,5,7,15-30H2,(H2,49,58)(H,51,56,59)/t37-,38?/m0/s1. The number of benzene rings is 3. The lowest BCUT2D eigenvalue weighted by Crippen LogP contribution is -2.54. The molecule has 348 valence electrons. The highest BCUT2D eigenvalue weighted by atomic mass is 16.6. The van der Waals surface area contributed by atoms with Crippen LogP contribution >= 0.6 is 0 Å². The number of ether oxygens (including phenoxy) is 5. The molecule has 0 saturated carbocycles. The number of rotatable bonds is 21. The van der Waals surface area contributed by atoms with Crippen LogP contribution < -0.4 is 21.1 Å². The molecule has 2 fully saturated rings. The zero-order valence-electron chi connectivity index (χ0n) is 36.7. The number of piperidine rings is 2. The number of para-hydroxylation sites is 1. The number of nitrogens with two attached hydrogens (primary N) is 1. The molecular formula is C48H55N7O11. The first-order chi connectivity index (χ1) is 32.2. The molecule has 4 N–H and O–H groups in total. The Morgan fingerprint density at radius 2 is 1.42 bits per heavy atom. The molecule has 6 amide bonds. The van der Waals surface area contributed by atoms with Crippen molar-refractivity contribution in [3.05, 3.63) is 95.1 Å². The van der Waals surface area contributed by atoms with Crippen molar-refractivity contribution in [2.24, 2.45) is 11.7 Å². The van der Waals surface area contributed by atoms with Gasteiger partial charge in [0.2, 0.25) is 17.7 Å². The summed E-state index contributed by atoms with van der Waals surface area (Å²) in [6.07, 6.45) is 3.72. The first-order valence-corrected chi connectivity index (χ1v) is 22.6. The van der Waals surface area contributed by atoms with Gasteiger partial charge in [0, 0.05) is 38.2 Å². The van der Waals surface area contributed by atoms with Gasteiger partial charge in [-0.3, -0.25) is 39.0 Å². The minimum absolute atomic E-state index is 0.0268. The Balaban J connectivity index is 0.678. The van der Waals surface area contributed by atoms with Gasteiger partial charge in [-0.15, -0.1) is 0 Å². The SMILES string of the molecule is NC(=O)c1c(-c2ccc(Oc3ccccc3)cc2)nn2c1NCC[C@H]2C1CCN(C(=O)COCCOCCOCCOCCCc2cccc3c2C(=O)N(C2CCC(=O)NC2=O)C3=O)CC1. The lowest BCUT2D eigenvalue weighted by molar-refractivity contribution is -0.138. The molecule has 1 aromatic heterocycles. The molecular weight excluding hydrogens is 851 g/mol. The van der Waals surface area contributed by atoms with E-state index in [4.69, 9.17) is 34.5 Å². The number of fused-ring (bicyclic) bond motifs is 2. The molecule has 8 rings (SSSR count). The Hall–Kier alpha value is -6.47. The molecule has 0 spiro atoms. The second-order valence-corrected chi connectivity index (χ2v) is 16.6. The molecule has 2 saturated heterocycles. The van der Waals surface area contributed by atoms with E-state index in [-0.39, 0.29) is 49.5 Å². The van der Waals surface area contributed by atoms with E-state index in [9.17, 15) is 28.8 Å². The summed E-state index contributed by atoms with van der Waals surface area (Å²) in [5.41, 5.74) is 8.86. The summed E-state index contributed by atoms with van der Waals surface area (Å²) >= 11 is 0. The first kappa shape index (κ1) is 46.1. The number of likely N-dealkylation sites (tertiary alicyclic amines) is 1. The largest absolute Gasteiger partial charge is 0.457 e. The lowest BCUT2D eigenvalue weighted by Gasteiger charge is -2.38. The van der Waals surface area contributed by atoms with Crippen LogP contribution in [-0.2, 0) is 39.8 Å². The molecule has 1 unspecified atom stereocenters. The topological polar surface area (TPSA) is 223 Å². The fourth-order valence-corrected chi connectivity index (χ4v) is 9.08. The third-order valence-electron chi connectivity index (χ3n) is 12.4. The van der Waals surface area contributed by atoms with Crippen molar-refractivity contribution in [1.82, 2.24) is 24.9 Å². The molecule has 18 heteroatoms. The van der Waals surface area contributed by atoms with E-state index < -0.39 is 35.6 Å². The van der Waals surface area contributed by atoms with Crippen LogP contribution in [0.4, 0.5) is 5.82 Å². The van der Waals surface area contributed by atoms with Gasteiger partial charge < -0.3 is 39.6 Å². The van der Waals surface area contributed by atoms with Crippen molar-refractivity contribution >= 4 is 41.3 Å². The van der Waals surface area contributed by atoms with Gasteiger partial charge in [-0.1, -0.05) is 30.3 Å². The molecule has 0 radical (unpaired) electrons. The van der Waals surface area contributed by atoms with Gasteiger partial charge in [-0.2, -0.15) is 5.10 Å². The maximum Gasteiger partial charge on any atom is 0.262 e. The molecule has 3 aromatic carbocycles. The van der Waals surface area contributed by atoms with Gasteiger partial charge >= 0.3 is 0 Å². The highest BCUT2D eigenvalue weighted by Crippen LogP contribution is 2.40. The van der Waals surface area contributed by atoms with E-state index in [2.05, 4.69) is 10.6 Å². The summed E-state index contributed by atoms with van der Waals surface area (Å²) < 4.78 is 30.4. The maximum atomic E-state index is 13.3. The van der Waals surface area contributed by atoms with Crippen molar-refractivity contribution in [2.75, 3.05) is 77.8 Å². The molecule has 18 nitrogen and oxygen atoms in total. The monoisotopic (exact) mass is 905 g/mol. The number of hydrogen-bond donors (Lipinski definition) is 3. The average molecular weight is 906 g/mol. The quantitative estimate of drug-likeness (QED) is 0.0792. The minimum atomic E-state index is -1.00. The molecule has 2 atom stereocenters. The van der Waals surface area contributed by atoms with Crippen LogP contribution in [0, 0.1) is 5.92 Å². The fourth-order valence-electron chi connectivity index (χ4n) is 9.08. The lowest BCUT2D eigenvalue weighted by atomic mass is 9.87. The second-order valence-electron chi connectivity index (χ2n) is 16.6. The Bertz CT molecular complexity index is 2400. The van der Waals surface area contributed by atoms with Crippen LogP contribution in [0.25, 0.3) is 11.3 Å². The number of nitrogens with zero attached hydrogens (tertiary/aromatic N) is 4. The summed E-state index contributed by atoms with van der Waals surface area (Å²) in [5, 5.41) is 10.5. The van der Waals surface area contributed by atoms with Crippen molar-refractivity contribution in [3.8, 4) is 22.8 Å². The van der Waals surface area contributed by atoms with Crippen LogP contribution in [0.2, 0.25) is 0 Å². The molecule has 0 aliphatic carbocycles. The van der Waals surface area contributed by atoms with E-state index in [1.54, 1.807) is 18.2 Å². The molecule has 66 heavy (non-hydrogen) atoms. The van der Waals surface area contributed by atoms with Gasteiger partial charge in [0.25, 0.3) is 17.7 Å². The van der Waals surface area contributed by atoms with Crippen molar-refractivity contribution < 1.29 is 52.5 Å². The molecule has 4 aliphatic heterocycles. The Kier molecular flexibility index (Phi) is 15.1. The number of nitrogens with one attached hydrogen (secondary N) is 2. The van der Waals surface area contributed by atoms with E-state index in [1.807, 2.05) is 64.2 Å². The van der Waals surface area contributed by atoms with E-state index in [0.717, 1.165) is 35.5 Å². The normalized spacial score (nSPS) is 18.5. The minimum Gasteiger partial charge on any atom is -0.457 e. The highest BCUT2D eigenvalue weighted by molar-refractivity contribution is 6.24. The summed E-state index contributed by atoms with van der Waals surface area (Å²) in [6, 6.07) is 21.1. The predicted octanol–water partition coefficient (Wildman–Crippen LogP) is 4.14. The molecule has 4 aromatic rings. The van der Waals surface area contributed by atoms with Crippen LogP contribution in [0.1, 0.15) is 81.2 Å². The van der Waals surface area contributed by atoms with Crippen LogP contribution in [0.5, 0.6) is 11.5 Å². The van der Waals surface area contributed by atoms with Gasteiger partial charge in [0.05, 0.1) is 56.8 Å². The first-order valence-electron chi connectivity index (χ1n) is 22.6. The van der Waals surface area contributed by atoms with E-state index in [0.29, 0.717) is 106 Å². The van der Waals surface area contributed by atoms with E-state index in [1.165, 1.54) is 0 Å². The van der Waals surface area contributed by atoms with Gasteiger partial charge in [-0.25, -0.2) is 4.68 Å². The number of primary amides is 1. The summed E-state index contributed by atoms with van der Waals surface area (Å²) in [7, 11) is 0. The Morgan fingerprint density at radius 1 is 0.742 bits per heavy atom. The summed E-state index contributed by atoms with van der Waals surface area (Å²) in [4.78, 5) is 78.9. The number of aromatic nitrogens is 2. The fraction of sp³-hybridized carbons (Fsp3) is 0.438. The number of carbonyl (C=O) groups excluding carboxylic acids is 6. The Labute approximate surface area is 382 Å².